The molecule has 260 valence electrons. The minimum atomic E-state index is -2.80. The molecule has 0 aromatic heterocycles. The number of carboxylic acids is 1. The summed E-state index contributed by atoms with van der Waals surface area (Å²) >= 11 is 14.3. The number of benzene rings is 3. The smallest absolute Gasteiger partial charge is 0.303 e. The van der Waals surface area contributed by atoms with Gasteiger partial charge < -0.3 is 10.2 Å². The number of hydrogen-bond donors (Lipinski definition) is 2. The van der Waals surface area contributed by atoms with Crippen molar-refractivity contribution in [2.45, 2.75) is 41.3 Å². The monoisotopic (exact) mass is 736 g/mol. The molecule has 9 nitrogen and oxygen atoms in total. The van der Waals surface area contributed by atoms with Gasteiger partial charge in [-0.3, -0.25) is 28.9 Å². The van der Waals surface area contributed by atoms with Gasteiger partial charge >= 0.3 is 5.97 Å². The number of alkyl halides is 2. The third-order valence-electron chi connectivity index (χ3n) is 10.3. The SMILES string of the molecule is O=C(O)CCCN1C(=O)[C@H]2[C@H](CC=C3[C@H]2C[C@@]2(Cl)C(=O)N(c4c(F)c(F)c(F)c(F)c4F)C(=O)[C@@]2(Cl)[C@H]3c2c(O)ccc3ccccc23)C1=O. The van der Waals surface area contributed by atoms with Crippen LogP contribution in [-0.2, 0) is 24.0 Å². The number of hydrogen-bond acceptors (Lipinski definition) is 6. The van der Waals surface area contributed by atoms with E-state index >= 15 is 8.78 Å². The lowest BCUT2D eigenvalue weighted by Crippen LogP contribution is -2.60. The molecule has 3 aromatic carbocycles. The third-order valence-corrected chi connectivity index (χ3v) is 11.7. The third kappa shape index (κ3) is 4.33. The molecular weight excluding hydrogens is 714 g/mol. The van der Waals surface area contributed by atoms with E-state index in [2.05, 4.69) is 0 Å². The lowest BCUT2D eigenvalue weighted by molar-refractivity contribution is -0.142. The minimum Gasteiger partial charge on any atom is -0.508 e. The summed E-state index contributed by atoms with van der Waals surface area (Å²) in [6.45, 7) is -0.233. The number of aromatic hydroxyl groups is 1. The van der Waals surface area contributed by atoms with E-state index in [0.717, 1.165) is 4.90 Å². The molecule has 3 fully saturated rings. The van der Waals surface area contributed by atoms with Gasteiger partial charge in [0.25, 0.3) is 11.8 Å². The number of phenols is 1. The number of fused-ring (bicyclic) bond motifs is 5. The number of anilines is 1. The van der Waals surface area contributed by atoms with Gasteiger partial charge in [-0.05, 0) is 42.0 Å². The zero-order valence-electron chi connectivity index (χ0n) is 25.4. The molecule has 2 heterocycles. The Labute approximate surface area is 288 Å². The van der Waals surface area contributed by atoms with Gasteiger partial charge in [-0.25, -0.2) is 26.9 Å². The average molecular weight is 737 g/mol. The van der Waals surface area contributed by atoms with Crippen molar-refractivity contribution in [3.8, 4) is 5.75 Å². The number of allylic oxidation sites excluding steroid dienone is 2. The lowest BCUT2D eigenvalue weighted by Gasteiger charge is -2.51. The number of carbonyl (C=O) groups excluding carboxylic acids is 4. The second-order valence-electron chi connectivity index (χ2n) is 12.7. The summed E-state index contributed by atoms with van der Waals surface area (Å²) < 4.78 is 73.5. The van der Waals surface area contributed by atoms with E-state index in [9.17, 15) is 42.3 Å². The maximum absolute atomic E-state index is 15.3. The van der Waals surface area contributed by atoms with Crippen LogP contribution in [0.15, 0.2) is 48.0 Å². The van der Waals surface area contributed by atoms with Crippen molar-refractivity contribution < 1.29 is 56.1 Å². The van der Waals surface area contributed by atoms with Gasteiger partial charge in [0, 0.05) is 24.4 Å². The van der Waals surface area contributed by atoms with E-state index in [-0.39, 0.29) is 41.8 Å². The molecule has 4 amide bonds. The van der Waals surface area contributed by atoms with Crippen molar-refractivity contribution >= 4 is 69.3 Å². The fourth-order valence-electron chi connectivity index (χ4n) is 8.15. The van der Waals surface area contributed by atoms with E-state index in [4.69, 9.17) is 28.3 Å². The molecule has 3 aromatic rings. The first kappa shape index (κ1) is 33.9. The number of carbonyl (C=O) groups is 5. The van der Waals surface area contributed by atoms with Crippen molar-refractivity contribution in [3.63, 3.8) is 0 Å². The van der Waals surface area contributed by atoms with Crippen molar-refractivity contribution in [3.05, 3.63) is 82.7 Å². The fraction of sp³-hybridized carbons (Fsp3) is 0.324. The zero-order chi connectivity index (χ0) is 36.2. The van der Waals surface area contributed by atoms with Crippen LogP contribution in [0.4, 0.5) is 27.6 Å². The molecule has 2 aliphatic heterocycles. The quantitative estimate of drug-likeness (QED) is 0.0833. The Kier molecular flexibility index (Phi) is 7.79. The molecule has 0 spiro atoms. The molecule has 7 rings (SSSR count). The van der Waals surface area contributed by atoms with Crippen LogP contribution >= 0.6 is 23.2 Å². The number of carboxylic acid groups (broad SMARTS) is 1. The Morgan fingerprint density at radius 1 is 0.860 bits per heavy atom. The molecule has 0 unspecified atom stereocenters. The lowest BCUT2D eigenvalue weighted by atomic mass is 9.56. The number of imide groups is 2. The standard InChI is InChI=1S/C34H23Cl2F5N2O7/c35-33-12-17-15(8-9-16-20(17)30(48)42(29(16)47)11-3-6-19(45)46)22(21-14-5-2-1-4-13(14)7-10-18(21)44)34(33,36)32(50)43(31(33)49)28-26(40)24(38)23(37)25(39)27(28)41/h1-2,4-5,7-8,10,16-17,20,22,44H,3,6,9,11-12H2,(H,45,46)/t16-,17+,20-,22+,33+,34-/m0/s1. The van der Waals surface area contributed by atoms with Gasteiger partial charge in [0.1, 0.15) is 11.4 Å². The predicted octanol–water partition coefficient (Wildman–Crippen LogP) is 5.67. The van der Waals surface area contributed by atoms with Crippen LogP contribution in [0.25, 0.3) is 10.8 Å². The summed E-state index contributed by atoms with van der Waals surface area (Å²) in [5.74, 6) is -23.7. The normalized spacial score (nSPS) is 29.0. The minimum absolute atomic E-state index is 0.0577. The first-order valence-electron chi connectivity index (χ1n) is 15.3. The summed E-state index contributed by atoms with van der Waals surface area (Å²) in [6, 6.07) is 9.25. The summed E-state index contributed by atoms with van der Waals surface area (Å²) in [5, 5.41) is 21.2. The van der Waals surface area contributed by atoms with Crippen LogP contribution < -0.4 is 4.90 Å². The molecule has 2 N–H and O–H groups in total. The van der Waals surface area contributed by atoms with Crippen LogP contribution in [0.5, 0.6) is 5.75 Å². The van der Waals surface area contributed by atoms with Crippen LogP contribution in [0.1, 0.15) is 37.2 Å². The van der Waals surface area contributed by atoms with Crippen LogP contribution in [0.3, 0.4) is 0 Å². The maximum atomic E-state index is 15.3. The van der Waals surface area contributed by atoms with E-state index in [1.807, 2.05) is 0 Å². The average Bonchev–Trinajstić information content (AvgIpc) is 3.41. The Morgan fingerprint density at radius 3 is 2.16 bits per heavy atom. The Hall–Kier alpha value is -4.56. The molecule has 6 atom stereocenters. The van der Waals surface area contributed by atoms with Crippen molar-refractivity contribution in [2.24, 2.45) is 17.8 Å². The Morgan fingerprint density at radius 2 is 1.50 bits per heavy atom. The number of rotatable bonds is 6. The summed E-state index contributed by atoms with van der Waals surface area (Å²) in [6.07, 6.45) is 0.322. The molecule has 0 bridgehead atoms. The topological polar surface area (TPSA) is 132 Å². The highest BCUT2D eigenvalue weighted by molar-refractivity contribution is 6.58. The first-order chi connectivity index (χ1) is 23.6. The van der Waals surface area contributed by atoms with Crippen LogP contribution in [0, 0.1) is 46.8 Å². The van der Waals surface area contributed by atoms with Gasteiger partial charge in [-0.1, -0.05) is 42.0 Å². The van der Waals surface area contributed by atoms with Gasteiger partial charge in [0.15, 0.2) is 33.0 Å². The van der Waals surface area contributed by atoms with E-state index < -0.39 is 110 Å². The molecule has 50 heavy (non-hydrogen) atoms. The van der Waals surface area contributed by atoms with Gasteiger partial charge in [-0.2, -0.15) is 0 Å². The van der Waals surface area contributed by atoms with E-state index in [1.165, 1.54) is 18.2 Å². The van der Waals surface area contributed by atoms with Crippen molar-refractivity contribution in [1.82, 2.24) is 4.90 Å². The second kappa shape index (κ2) is 11.5. The number of likely N-dealkylation sites (tertiary alicyclic amines) is 1. The molecule has 2 saturated heterocycles. The number of phenolic OH excluding ortho intramolecular Hbond substituents is 1. The Balaban J connectivity index is 1.46. The van der Waals surface area contributed by atoms with E-state index in [1.54, 1.807) is 24.3 Å². The molecular formula is C34H23Cl2F5N2O7. The largest absolute Gasteiger partial charge is 0.508 e. The first-order valence-corrected chi connectivity index (χ1v) is 16.1. The highest BCUT2D eigenvalue weighted by Crippen LogP contribution is 2.67. The summed E-state index contributed by atoms with van der Waals surface area (Å²) in [5.41, 5.74) is -1.80. The van der Waals surface area contributed by atoms with Crippen molar-refractivity contribution in [2.75, 3.05) is 11.4 Å². The summed E-state index contributed by atoms with van der Waals surface area (Å²) in [4.78, 5) is 62.4. The molecule has 4 aliphatic rings. The second-order valence-corrected chi connectivity index (χ2v) is 14.0. The Bertz CT molecular complexity index is 2100. The van der Waals surface area contributed by atoms with Gasteiger partial charge in [0.2, 0.25) is 17.6 Å². The molecule has 0 radical (unpaired) electrons. The predicted molar refractivity (Wildman–Crippen MR) is 166 cm³/mol. The summed E-state index contributed by atoms with van der Waals surface area (Å²) in [7, 11) is 0. The molecule has 2 aliphatic carbocycles. The van der Waals surface area contributed by atoms with Crippen molar-refractivity contribution in [1.29, 1.82) is 0 Å². The number of aliphatic carboxylic acids is 1. The molecule has 1 saturated carbocycles. The zero-order valence-corrected chi connectivity index (χ0v) is 26.9. The van der Waals surface area contributed by atoms with E-state index in [0.29, 0.717) is 10.8 Å². The highest BCUT2D eigenvalue weighted by atomic mass is 35.5. The fourth-order valence-corrected chi connectivity index (χ4v) is 9.06. The van der Waals surface area contributed by atoms with Crippen LogP contribution in [0.2, 0.25) is 0 Å². The van der Waals surface area contributed by atoms with Gasteiger partial charge in [-0.15, -0.1) is 23.2 Å². The maximum Gasteiger partial charge on any atom is 0.303 e. The molecule has 16 heteroatoms. The number of nitrogens with zero attached hydrogens (tertiary/aromatic N) is 2. The van der Waals surface area contributed by atoms with Crippen LogP contribution in [-0.4, -0.2) is 61.0 Å². The number of halogens is 7. The van der Waals surface area contributed by atoms with Gasteiger partial charge in [0.05, 0.1) is 11.8 Å². The number of amides is 4. The highest BCUT2D eigenvalue weighted by Gasteiger charge is 2.77.